The molecule has 3 aromatic rings. The van der Waals surface area contributed by atoms with Gasteiger partial charge in [0.1, 0.15) is 5.82 Å². The number of hydrogen-bond acceptors (Lipinski definition) is 6. The Bertz CT molecular complexity index is 1050. The van der Waals surface area contributed by atoms with E-state index >= 15 is 0 Å². The van der Waals surface area contributed by atoms with Crippen LogP contribution in [0.5, 0.6) is 0 Å². The van der Waals surface area contributed by atoms with Crippen LogP contribution in [0, 0.1) is 10.1 Å². The predicted molar refractivity (Wildman–Crippen MR) is 97.6 cm³/mol. The van der Waals surface area contributed by atoms with Crippen LogP contribution in [0.3, 0.4) is 0 Å². The van der Waals surface area contributed by atoms with E-state index in [4.69, 9.17) is 0 Å². The van der Waals surface area contributed by atoms with Crippen LogP contribution in [0.25, 0.3) is 11.3 Å². The second-order valence-electron chi connectivity index (χ2n) is 5.67. The van der Waals surface area contributed by atoms with E-state index in [0.717, 1.165) is 23.6 Å². The lowest BCUT2D eigenvalue weighted by molar-refractivity contribution is -0.385. The van der Waals surface area contributed by atoms with Gasteiger partial charge in [-0.2, -0.15) is 0 Å². The lowest BCUT2D eigenvalue weighted by Crippen LogP contribution is -2.07. The number of sulfone groups is 1. The molecule has 0 aliphatic heterocycles. The summed E-state index contributed by atoms with van der Waals surface area (Å²) in [6, 6.07) is 13.3. The van der Waals surface area contributed by atoms with Crippen molar-refractivity contribution in [1.82, 2.24) is 9.97 Å². The fourth-order valence-corrected chi connectivity index (χ4v) is 3.35. The van der Waals surface area contributed by atoms with Gasteiger partial charge >= 0.3 is 0 Å². The monoisotopic (exact) mass is 372 g/mol. The van der Waals surface area contributed by atoms with E-state index in [-0.39, 0.29) is 22.8 Å². The number of imidazole rings is 1. The molecule has 2 N–H and O–H groups in total. The van der Waals surface area contributed by atoms with Crippen molar-refractivity contribution < 1.29 is 13.3 Å². The first-order valence-corrected chi connectivity index (χ1v) is 9.55. The second-order valence-corrected chi connectivity index (χ2v) is 7.66. The van der Waals surface area contributed by atoms with E-state index in [0.29, 0.717) is 5.82 Å². The number of hydrogen-bond donors (Lipinski definition) is 2. The first kappa shape index (κ1) is 17.6. The standard InChI is InChI=1S/C17H16N4O4S/c1-26(24,25)16-9-13(21(22)23)7-8-14(16)18-11-17-19-10-15(20-17)12-5-3-2-4-6-12/h2-10,18H,11H2,1H3,(H,19,20). The third kappa shape index (κ3) is 3.89. The minimum Gasteiger partial charge on any atom is -0.377 e. The van der Waals surface area contributed by atoms with E-state index in [1.807, 2.05) is 30.3 Å². The number of non-ortho nitro benzene ring substituents is 1. The van der Waals surface area contributed by atoms with Crippen molar-refractivity contribution in [2.75, 3.05) is 11.6 Å². The summed E-state index contributed by atoms with van der Waals surface area (Å²) in [5.74, 6) is 0.613. The van der Waals surface area contributed by atoms with Crippen molar-refractivity contribution in [2.24, 2.45) is 0 Å². The van der Waals surface area contributed by atoms with Crippen LogP contribution in [0.15, 0.2) is 59.6 Å². The quantitative estimate of drug-likeness (QED) is 0.507. The SMILES string of the molecule is CS(=O)(=O)c1cc([N+](=O)[O-])ccc1NCc1ncc(-c2ccccc2)[nH]1. The van der Waals surface area contributed by atoms with Crippen LogP contribution < -0.4 is 5.32 Å². The number of aromatic amines is 1. The molecule has 0 saturated heterocycles. The summed E-state index contributed by atoms with van der Waals surface area (Å²) in [6.07, 6.45) is 2.71. The van der Waals surface area contributed by atoms with E-state index in [1.54, 1.807) is 6.20 Å². The average Bonchev–Trinajstić information content (AvgIpc) is 3.08. The third-order valence-corrected chi connectivity index (χ3v) is 4.87. The summed E-state index contributed by atoms with van der Waals surface area (Å²) in [6.45, 7) is 0.243. The molecule has 0 aliphatic carbocycles. The molecule has 9 heteroatoms. The molecule has 2 aromatic carbocycles. The van der Waals surface area contributed by atoms with E-state index in [1.165, 1.54) is 12.1 Å². The van der Waals surface area contributed by atoms with Crippen LogP contribution >= 0.6 is 0 Å². The number of nitro benzene ring substituents is 1. The molecule has 0 amide bonds. The van der Waals surface area contributed by atoms with Crippen molar-refractivity contribution in [3.63, 3.8) is 0 Å². The van der Waals surface area contributed by atoms with Gasteiger partial charge in [-0.3, -0.25) is 10.1 Å². The Balaban J connectivity index is 1.82. The molecule has 0 saturated carbocycles. The molecule has 0 unspecified atom stereocenters. The fraction of sp³-hybridized carbons (Fsp3) is 0.118. The highest BCUT2D eigenvalue weighted by atomic mass is 32.2. The minimum atomic E-state index is -3.63. The van der Waals surface area contributed by atoms with Gasteiger partial charge in [-0.1, -0.05) is 30.3 Å². The van der Waals surface area contributed by atoms with Crippen molar-refractivity contribution >= 4 is 21.2 Å². The van der Waals surface area contributed by atoms with Crippen LogP contribution in [0.1, 0.15) is 5.82 Å². The van der Waals surface area contributed by atoms with Crippen molar-refractivity contribution in [1.29, 1.82) is 0 Å². The van der Waals surface area contributed by atoms with Crippen LogP contribution in [-0.4, -0.2) is 29.6 Å². The Morgan fingerprint density at radius 2 is 1.92 bits per heavy atom. The Hall–Kier alpha value is -3.20. The fourth-order valence-electron chi connectivity index (χ4n) is 2.47. The van der Waals surface area contributed by atoms with Gasteiger partial charge in [-0.25, -0.2) is 13.4 Å². The zero-order valence-electron chi connectivity index (χ0n) is 13.8. The number of rotatable bonds is 6. The maximum absolute atomic E-state index is 11.9. The van der Waals surface area contributed by atoms with Gasteiger partial charge in [0.25, 0.3) is 5.69 Å². The highest BCUT2D eigenvalue weighted by Crippen LogP contribution is 2.27. The largest absolute Gasteiger partial charge is 0.377 e. The number of aromatic nitrogens is 2. The minimum absolute atomic E-state index is 0.124. The molecule has 0 fully saturated rings. The van der Waals surface area contributed by atoms with E-state index < -0.39 is 14.8 Å². The highest BCUT2D eigenvalue weighted by molar-refractivity contribution is 7.90. The molecule has 0 aliphatic rings. The summed E-state index contributed by atoms with van der Waals surface area (Å²) < 4.78 is 23.9. The molecular formula is C17H16N4O4S. The predicted octanol–water partition coefficient (Wildman–Crippen LogP) is 3.00. The van der Waals surface area contributed by atoms with E-state index in [2.05, 4.69) is 15.3 Å². The normalized spacial score (nSPS) is 11.3. The van der Waals surface area contributed by atoms with Gasteiger partial charge < -0.3 is 10.3 Å². The lowest BCUT2D eigenvalue weighted by atomic mass is 10.2. The topological polar surface area (TPSA) is 118 Å². The Morgan fingerprint density at radius 1 is 1.19 bits per heavy atom. The number of anilines is 1. The van der Waals surface area contributed by atoms with Crippen molar-refractivity contribution in [2.45, 2.75) is 11.4 Å². The maximum Gasteiger partial charge on any atom is 0.270 e. The Labute approximate surface area is 150 Å². The van der Waals surface area contributed by atoms with Gasteiger partial charge in [0.15, 0.2) is 9.84 Å². The van der Waals surface area contributed by atoms with Gasteiger partial charge in [0, 0.05) is 18.4 Å². The molecular weight excluding hydrogens is 356 g/mol. The van der Waals surface area contributed by atoms with Crippen LogP contribution in [0.4, 0.5) is 11.4 Å². The number of nitrogens with zero attached hydrogens (tertiary/aromatic N) is 2. The molecule has 26 heavy (non-hydrogen) atoms. The zero-order chi connectivity index (χ0) is 18.7. The molecule has 3 rings (SSSR count). The van der Waals surface area contributed by atoms with Crippen molar-refractivity contribution in [3.8, 4) is 11.3 Å². The van der Waals surface area contributed by atoms with Gasteiger partial charge in [0.05, 0.1) is 33.9 Å². The zero-order valence-corrected chi connectivity index (χ0v) is 14.7. The summed E-state index contributed by atoms with van der Waals surface area (Å²) in [5.41, 5.74) is 1.84. The van der Waals surface area contributed by atoms with Gasteiger partial charge in [-0.15, -0.1) is 0 Å². The average molecular weight is 372 g/mol. The summed E-state index contributed by atoms with van der Waals surface area (Å²) in [7, 11) is -3.63. The molecule has 0 spiro atoms. The van der Waals surface area contributed by atoms with Crippen LogP contribution in [-0.2, 0) is 16.4 Å². The smallest absolute Gasteiger partial charge is 0.270 e. The molecule has 0 radical (unpaired) electrons. The Morgan fingerprint density at radius 3 is 2.58 bits per heavy atom. The number of nitrogens with one attached hydrogen (secondary N) is 2. The van der Waals surface area contributed by atoms with Gasteiger partial charge in [-0.05, 0) is 11.6 Å². The van der Waals surface area contributed by atoms with Crippen LogP contribution in [0.2, 0.25) is 0 Å². The van der Waals surface area contributed by atoms with Crippen molar-refractivity contribution in [3.05, 3.63) is 70.7 Å². The summed E-state index contributed by atoms with van der Waals surface area (Å²) in [5, 5.41) is 13.9. The molecule has 8 nitrogen and oxygen atoms in total. The molecule has 0 atom stereocenters. The highest BCUT2D eigenvalue weighted by Gasteiger charge is 2.18. The molecule has 1 aromatic heterocycles. The molecule has 134 valence electrons. The lowest BCUT2D eigenvalue weighted by Gasteiger charge is -2.09. The Kier molecular flexibility index (Phi) is 4.72. The number of nitro groups is 1. The number of benzene rings is 2. The summed E-state index contributed by atoms with van der Waals surface area (Å²) >= 11 is 0. The third-order valence-electron chi connectivity index (χ3n) is 3.74. The molecule has 1 heterocycles. The van der Waals surface area contributed by atoms with Gasteiger partial charge in [0.2, 0.25) is 0 Å². The first-order chi connectivity index (χ1) is 12.3. The first-order valence-electron chi connectivity index (χ1n) is 7.66. The number of H-pyrrole nitrogens is 1. The van der Waals surface area contributed by atoms with E-state index in [9.17, 15) is 18.5 Å². The molecule has 0 bridgehead atoms. The second kappa shape index (κ2) is 6.96. The summed E-state index contributed by atoms with van der Waals surface area (Å²) in [4.78, 5) is 17.6. The maximum atomic E-state index is 11.9.